The number of aliphatic hydroxyl groups is 1. The third kappa shape index (κ3) is 1.30. The molecular formula is C6H9O2. The highest BCUT2D eigenvalue weighted by atomic mass is 16.3. The lowest BCUT2D eigenvalue weighted by Crippen LogP contribution is -2.10. The number of Topliss-reactive ketones (excluding diaryl/α,β-unsaturated/α-hetero) is 1. The number of hydrogen-bond acceptors (Lipinski definition) is 2. The molecular weight excluding hydrogens is 104 g/mol. The van der Waals surface area contributed by atoms with Crippen molar-refractivity contribution < 1.29 is 9.90 Å². The Balaban J connectivity index is 2.29. The van der Waals surface area contributed by atoms with Gasteiger partial charge in [-0.15, -0.1) is 0 Å². The van der Waals surface area contributed by atoms with Crippen LogP contribution in [-0.2, 0) is 4.79 Å². The van der Waals surface area contributed by atoms with Gasteiger partial charge in [0, 0.05) is 12.8 Å². The zero-order chi connectivity index (χ0) is 5.98. The molecule has 1 aliphatic carbocycles. The van der Waals surface area contributed by atoms with Gasteiger partial charge in [-0.1, -0.05) is 0 Å². The quantitative estimate of drug-likeness (QED) is 0.509. The van der Waals surface area contributed by atoms with Crippen LogP contribution in [0, 0.1) is 6.10 Å². The van der Waals surface area contributed by atoms with Gasteiger partial charge in [-0.05, 0) is 12.8 Å². The third-order valence-corrected chi connectivity index (χ3v) is 1.38. The molecule has 1 N–H and O–H groups in total. The molecule has 0 saturated heterocycles. The van der Waals surface area contributed by atoms with Crippen LogP contribution in [0.25, 0.3) is 0 Å². The summed E-state index contributed by atoms with van der Waals surface area (Å²) in [5, 5.41) is 8.79. The van der Waals surface area contributed by atoms with E-state index in [1.165, 1.54) is 0 Å². The molecule has 1 radical (unpaired) electrons. The summed E-state index contributed by atoms with van der Waals surface area (Å²) in [5.41, 5.74) is 0. The SMILES string of the molecule is O=C1CC[C](O)CC1. The van der Waals surface area contributed by atoms with E-state index in [0.29, 0.717) is 31.8 Å². The van der Waals surface area contributed by atoms with Crippen LogP contribution in [-0.4, -0.2) is 10.9 Å². The van der Waals surface area contributed by atoms with Gasteiger partial charge in [0.25, 0.3) is 0 Å². The highest BCUT2D eigenvalue weighted by molar-refractivity contribution is 5.79. The van der Waals surface area contributed by atoms with Gasteiger partial charge in [-0.3, -0.25) is 4.79 Å². The lowest BCUT2D eigenvalue weighted by molar-refractivity contribution is -0.120. The standard InChI is InChI=1S/C6H9O2/c7-5-1-2-6(8)4-3-5/h7H,1-4H2. The fourth-order valence-electron chi connectivity index (χ4n) is 0.817. The maximum Gasteiger partial charge on any atom is 0.133 e. The van der Waals surface area contributed by atoms with Gasteiger partial charge < -0.3 is 5.11 Å². The van der Waals surface area contributed by atoms with Crippen LogP contribution in [0.3, 0.4) is 0 Å². The zero-order valence-corrected chi connectivity index (χ0v) is 4.68. The summed E-state index contributed by atoms with van der Waals surface area (Å²) in [7, 11) is 0. The Labute approximate surface area is 48.5 Å². The highest BCUT2D eigenvalue weighted by Crippen LogP contribution is 2.19. The number of carbonyl (C=O) groups excluding carboxylic acids is 1. The van der Waals surface area contributed by atoms with Gasteiger partial charge in [0.1, 0.15) is 5.78 Å². The average Bonchev–Trinajstić information content (AvgIpc) is 1.77. The maximum absolute atomic E-state index is 10.5. The molecule has 0 aromatic carbocycles. The van der Waals surface area contributed by atoms with Gasteiger partial charge in [-0.2, -0.15) is 0 Å². The first kappa shape index (κ1) is 5.76. The maximum atomic E-state index is 10.5. The molecule has 0 unspecified atom stereocenters. The largest absolute Gasteiger partial charge is 0.387 e. The van der Waals surface area contributed by atoms with Crippen molar-refractivity contribution in [2.45, 2.75) is 25.7 Å². The molecule has 0 aliphatic heterocycles. The molecule has 0 spiro atoms. The number of hydrogen-bond donors (Lipinski definition) is 1. The van der Waals surface area contributed by atoms with Crippen molar-refractivity contribution in [3.05, 3.63) is 6.10 Å². The third-order valence-electron chi connectivity index (χ3n) is 1.38. The van der Waals surface area contributed by atoms with Crippen LogP contribution in [0.1, 0.15) is 25.7 Å². The predicted octanol–water partition coefficient (Wildman–Crippen LogP) is 1.03. The molecule has 2 nitrogen and oxygen atoms in total. The molecule has 1 aliphatic rings. The van der Waals surface area contributed by atoms with Crippen LogP contribution in [0.2, 0.25) is 0 Å². The van der Waals surface area contributed by atoms with Crippen LogP contribution >= 0.6 is 0 Å². The Hall–Kier alpha value is -0.370. The first-order valence-electron chi connectivity index (χ1n) is 2.84. The molecule has 0 atom stereocenters. The molecule has 0 aromatic rings. The van der Waals surface area contributed by atoms with E-state index in [0.717, 1.165) is 0 Å². The number of rotatable bonds is 0. The molecule has 1 fully saturated rings. The van der Waals surface area contributed by atoms with Crippen molar-refractivity contribution in [3.8, 4) is 0 Å². The van der Waals surface area contributed by atoms with Crippen LogP contribution < -0.4 is 0 Å². The van der Waals surface area contributed by atoms with Crippen molar-refractivity contribution in [2.24, 2.45) is 0 Å². The van der Waals surface area contributed by atoms with Crippen molar-refractivity contribution >= 4 is 5.78 Å². The molecule has 2 heteroatoms. The zero-order valence-electron chi connectivity index (χ0n) is 4.68. The van der Waals surface area contributed by atoms with E-state index in [1.807, 2.05) is 0 Å². The van der Waals surface area contributed by atoms with E-state index in [4.69, 9.17) is 5.11 Å². The van der Waals surface area contributed by atoms with E-state index in [2.05, 4.69) is 0 Å². The fourth-order valence-corrected chi connectivity index (χ4v) is 0.817. The van der Waals surface area contributed by atoms with Gasteiger partial charge in [0.15, 0.2) is 0 Å². The van der Waals surface area contributed by atoms with Gasteiger partial charge in [0.2, 0.25) is 0 Å². The van der Waals surface area contributed by atoms with E-state index in [9.17, 15) is 4.79 Å². The monoisotopic (exact) mass is 113 g/mol. The molecule has 0 amide bonds. The van der Waals surface area contributed by atoms with Crippen LogP contribution in [0.4, 0.5) is 0 Å². The van der Waals surface area contributed by atoms with Crippen molar-refractivity contribution in [2.75, 3.05) is 0 Å². The minimum atomic E-state index is 0.280. The summed E-state index contributed by atoms with van der Waals surface area (Å²) in [6, 6.07) is 0. The minimum absolute atomic E-state index is 0.280. The average molecular weight is 113 g/mol. The molecule has 1 rings (SSSR count). The Morgan fingerprint density at radius 2 is 1.62 bits per heavy atom. The van der Waals surface area contributed by atoms with E-state index >= 15 is 0 Å². The molecule has 45 valence electrons. The normalized spacial score (nSPS) is 23.9. The summed E-state index contributed by atoms with van der Waals surface area (Å²) in [5.74, 6) is 0.280. The van der Waals surface area contributed by atoms with Gasteiger partial charge in [-0.25, -0.2) is 0 Å². The molecule has 0 heterocycles. The second kappa shape index (κ2) is 2.27. The highest BCUT2D eigenvalue weighted by Gasteiger charge is 2.15. The molecule has 8 heavy (non-hydrogen) atoms. The molecule has 0 aromatic heterocycles. The molecule has 1 saturated carbocycles. The Morgan fingerprint density at radius 3 is 2.00 bits per heavy atom. The summed E-state index contributed by atoms with van der Waals surface area (Å²) in [6.45, 7) is 0. The second-order valence-electron chi connectivity index (χ2n) is 2.10. The van der Waals surface area contributed by atoms with Crippen LogP contribution in [0.15, 0.2) is 0 Å². The lowest BCUT2D eigenvalue weighted by atomic mass is 9.97. The predicted molar refractivity (Wildman–Crippen MR) is 28.7 cm³/mol. The van der Waals surface area contributed by atoms with Gasteiger partial charge >= 0.3 is 0 Å². The number of aliphatic hydroxyl groups excluding tert-OH is 1. The number of carbonyl (C=O) groups is 1. The van der Waals surface area contributed by atoms with E-state index in [1.54, 1.807) is 0 Å². The van der Waals surface area contributed by atoms with E-state index in [-0.39, 0.29) is 5.78 Å². The lowest BCUT2D eigenvalue weighted by Gasteiger charge is -2.12. The van der Waals surface area contributed by atoms with Crippen molar-refractivity contribution in [1.82, 2.24) is 0 Å². The summed E-state index contributed by atoms with van der Waals surface area (Å²) < 4.78 is 0. The fraction of sp³-hybridized carbons (Fsp3) is 0.667. The summed E-state index contributed by atoms with van der Waals surface area (Å²) >= 11 is 0. The molecule has 0 bridgehead atoms. The summed E-state index contributed by atoms with van der Waals surface area (Å²) in [4.78, 5) is 10.5. The smallest absolute Gasteiger partial charge is 0.133 e. The second-order valence-corrected chi connectivity index (χ2v) is 2.10. The number of ketones is 1. The first-order valence-corrected chi connectivity index (χ1v) is 2.84. The first-order chi connectivity index (χ1) is 3.79. The minimum Gasteiger partial charge on any atom is -0.387 e. The Morgan fingerprint density at radius 1 is 1.12 bits per heavy atom. The Bertz CT molecular complexity index is 88.7. The topological polar surface area (TPSA) is 37.3 Å². The van der Waals surface area contributed by atoms with Crippen molar-refractivity contribution in [1.29, 1.82) is 0 Å². The summed E-state index contributed by atoms with van der Waals surface area (Å²) in [6.07, 6.45) is 2.78. The Kier molecular flexibility index (Phi) is 1.63. The van der Waals surface area contributed by atoms with Crippen LogP contribution in [0.5, 0.6) is 0 Å². The van der Waals surface area contributed by atoms with Gasteiger partial charge in [0.05, 0.1) is 6.10 Å². The van der Waals surface area contributed by atoms with E-state index < -0.39 is 0 Å². The van der Waals surface area contributed by atoms with Crippen molar-refractivity contribution in [3.63, 3.8) is 0 Å².